The van der Waals surface area contributed by atoms with Crippen molar-refractivity contribution in [3.05, 3.63) is 28.8 Å². The molecule has 116 valence electrons. The summed E-state index contributed by atoms with van der Waals surface area (Å²) in [5.74, 6) is 0. The number of rotatable bonds is 5. The van der Waals surface area contributed by atoms with Gasteiger partial charge in [0, 0.05) is 34.7 Å². The normalized spacial score (nSPS) is 21.3. The zero-order valence-corrected chi connectivity index (χ0v) is 13.9. The quantitative estimate of drug-likeness (QED) is 0.862. The Hall–Kier alpha value is -0.910. The van der Waals surface area contributed by atoms with Gasteiger partial charge in [-0.1, -0.05) is 24.1 Å². The Balaban J connectivity index is 2.01. The van der Waals surface area contributed by atoms with Crippen molar-refractivity contribution in [2.75, 3.05) is 18.7 Å². The molecular weight excluding hydrogens is 308 g/mol. The Labute approximate surface area is 135 Å². The Bertz CT molecular complexity index is 499. The lowest BCUT2D eigenvalue weighted by Gasteiger charge is -2.20. The van der Waals surface area contributed by atoms with Crippen LogP contribution in [0.15, 0.2) is 18.2 Å². The summed E-state index contributed by atoms with van der Waals surface area (Å²) in [5, 5.41) is 7.05. The van der Waals surface area contributed by atoms with E-state index in [-0.39, 0.29) is 12.1 Å². The average molecular weight is 329 g/mol. The fourth-order valence-electron chi connectivity index (χ4n) is 2.67. The van der Waals surface area contributed by atoms with Crippen molar-refractivity contribution in [2.24, 2.45) is 0 Å². The van der Waals surface area contributed by atoms with Gasteiger partial charge in [-0.3, -0.25) is 0 Å². The van der Waals surface area contributed by atoms with E-state index in [0.717, 1.165) is 18.4 Å². The molecule has 1 aromatic carbocycles. The van der Waals surface area contributed by atoms with Crippen molar-refractivity contribution in [1.82, 2.24) is 5.32 Å². The van der Waals surface area contributed by atoms with Crippen molar-refractivity contribution in [2.45, 2.75) is 37.2 Å². The van der Waals surface area contributed by atoms with Gasteiger partial charge in [0.05, 0.1) is 6.61 Å². The third-order valence-electron chi connectivity index (χ3n) is 3.73. The molecule has 0 unspecified atom stereocenters. The van der Waals surface area contributed by atoms with Gasteiger partial charge in [-0.05, 0) is 31.2 Å². The Morgan fingerprint density at radius 3 is 3.00 bits per heavy atom. The first-order chi connectivity index (χ1) is 10.2. The molecule has 0 bridgehead atoms. The van der Waals surface area contributed by atoms with Crippen molar-refractivity contribution >= 4 is 35.1 Å². The van der Waals surface area contributed by atoms with Crippen LogP contribution < -0.4 is 10.6 Å². The summed E-state index contributed by atoms with van der Waals surface area (Å²) in [6.45, 7) is 0.367. The molecule has 2 N–H and O–H groups in total. The number of thioether (sulfide) groups is 1. The Morgan fingerprint density at radius 1 is 1.48 bits per heavy atom. The molecule has 4 nitrogen and oxygen atoms in total. The number of benzene rings is 1. The predicted octanol–water partition coefficient (Wildman–Crippen LogP) is 3.89. The van der Waals surface area contributed by atoms with Crippen LogP contribution in [0.4, 0.5) is 10.5 Å². The molecule has 0 aliphatic heterocycles. The van der Waals surface area contributed by atoms with Gasteiger partial charge in [0.1, 0.15) is 0 Å². The summed E-state index contributed by atoms with van der Waals surface area (Å²) >= 11 is 7.97. The highest BCUT2D eigenvalue weighted by Crippen LogP contribution is 2.29. The van der Waals surface area contributed by atoms with E-state index in [0.29, 0.717) is 22.6 Å². The fourth-order valence-corrected chi connectivity index (χ4v) is 3.83. The molecule has 2 atom stereocenters. The van der Waals surface area contributed by atoms with Crippen LogP contribution in [0.1, 0.15) is 24.8 Å². The maximum atomic E-state index is 12.2. The minimum Gasteiger partial charge on any atom is -0.380 e. The minimum absolute atomic E-state index is 0.180. The van der Waals surface area contributed by atoms with Crippen LogP contribution in [0.3, 0.4) is 0 Å². The number of halogens is 1. The van der Waals surface area contributed by atoms with Gasteiger partial charge in [-0.25, -0.2) is 4.79 Å². The van der Waals surface area contributed by atoms with Crippen LogP contribution in [-0.2, 0) is 11.3 Å². The maximum absolute atomic E-state index is 12.2. The lowest BCUT2D eigenvalue weighted by atomic mass is 10.2. The van der Waals surface area contributed by atoms with E-state index in [1.54, 1.807) is 13.2 Å². The van der Waals surface area contributed by atoms with Crippen LogP contribution in [0.2, 0.25) is 5.02 Å². The largest absolute Gasteiger partial charge is 0.380 e. The number of hydrogen-bond acceptors (Lipinski definition) is 3. The Kier molecular flexibility index (Phi) is 6.21. The number of ether oxygens (including phenoxy) is 1. The average Bonchev–Trinajstić information content (AvgIpc) is 2.89. The highest BCUT2D eigenvalue weighted by Gasteiger charge is 2.27. The van der Waals surface area contributed by atoms with Gasteiger partial charge in [0.15, 0.2) is 0 Å². The van der Waals surface area contributed by atoms with Gasteiger partial charge in [-0.15, -0.1) is 0 Å². The van der Waals surface area contributed by atoms with E-state index in [2.05, 4.69) is 16.9 Å². The monoisotopic (exact) mass is 328 g/mol. The van der Waals surface area contributed by atoms with Gasteiger partial charge >= 0.3 is 6.03 Å². The molecule has 1 saturated carbocycles. The fraction of sp³-hybridized carbons (Fsp3) is 0.533. The molecule has 2 rings (SSSR count). The van der Waals surface area contributed by atoms with E-state index in [4.69, 9.17) is 16.3 Å². The first kappa shape index (κ1) is 16.5. The molecule has 0 radical (unpaired) electrons. The minimum atomic E-state index is -0.180. The lowest BCUT2D eigenvalue weighted by Crippen LogP contribution is -2.41. The van der Waals surface area contributed by atoms with Crippen LogP contribution in [-0.4, -0.2) is 30.7 Å². The maximum Gasteiger partial charge on any atom is 0.319 e. The number of methoxy groups -OCH3 is 1. The second-order valence-corrected chi connectivity index (χ2v) is 6.59. The third-order valence-corrected chi connectivity index (χ3v) is 5.25. The van der Waals surface area contributed by atoms with E-state index < -0.39 is 0 Å². The molecule has 1 fully saturated rings. The summed E-state index contributed by atoms with van der Waals surface area (Å²) in [7, 11) is 1.61. The molecule has 1 aliphatic rings. The number of urea groups is 1. The number of amides is 2. The van der Waals surface area contributed by atoms with Gasteiger partial charge in [-0.2, -0.15) is 11.8 Å². The van der Waals surface area contributed by atoms with E-state index in [9.17, 15) is 4.79 Å². The molecule has 1 aliphatic carbocycles. The van der Waals surface area contributed by atoms with Crippen molar-refractivity contribution < 1.29 is 9.53 Å². The molecule has 0 spiro atoms. The number of anilines is 1. The van der Waals surface area contributed by atoms with Crippen molar-refractivity contribution in [1.29, 1.82) is 0 Å². The SMILES string of the molecule is COCc1c(Cl)cccc1NC(=O)N[C@@H]1CCC[C@@H]1SC. The number of carbonyl (C=O) groups is 1. The molecular formula is C15H21ClN2O2S. The summed E-state index contributed by atoms with van der Waals surface area (Å²) in [6, 6.07) is 5.50. The van der Waals surface area contributed by atoms with E-state index in [1.807, 2.05) is 23.9 Å². The molecule has 0 aromatic heterocycles. The standard InChI is InChI=1S/C15H21ClN2O2S/c1-20-9-10-11(16)5-3-6-12(10)17-15(19)18-13-7-4-8-14(13)21-2/h3,5-6,13-14H,4,7-9H2,1-2H3,(H2,17,18,19)/t13-,14+/m1/s1. The molecule has 6 heteroatoms. The highest BCUT2D eigenvalue weighted by atomic mass is 35.5. The zero-order valence-electron chi connectivity index (χ0n) is 12.3. The van der Waals surface area contributed by atoms with Gasteiger partial charge in [0.2, 0.25) is 0 Å². The van der Waals surface area contributed by atoms with Crippen LogP contribution >= 0.6 is 23.4 Å². The number of hydrogen-bond donors (Lipinski definition) is 2. The van der Waals surface area contributed by atoms with Crippen molar-refractivity contribution in [3.8, 4) is 0 Å². The molecule has 2 amide bonds. The smallest absolute Gasteiger partial charge is 0.319 e. The second-order valence-electron chi connectivity index (χ2n) is 5.11. The van der Waals surface area contributed by atoms with Crippen molar-refractivity contribution in [3.63, 3.8) is 0 Å². The predicted molar refractivity (Wildman–Crippen MR) is 89.3 cm³/mol. The van der Waals surface area contributed by atoms with Crippen LogP contribution in [0.25, 0.3) is 0 Å². The van der Waals surface area contributed by atoms with Gasteiger partial charge < -0.3 is 15.4 Å². The van der Waals surface area contributed by atoms with E-state index >= 15 is 0 Å². The second kappa shape index (κ2) is 7.92. The number of nitrogens with one attached hydrogen (secondary N) is 2. The van der Waals surface area contributed by atoms with Crippen LogP contribution in [0.5, 0.6) is 0 Å². The summed E-state index contributed by atoms with van der Waals surface area (Å²) in [5.41, 5.74) is 1.49. The summed E-state index contributed by atoms with van der Waals surface area (Å²) < 4.78 is 5.14. The molecule has 1 aromatic rings. The number of carbonyl (C=O) groups excluding carboxylic acids is 1. The lowest BCUT2D eigenvalue weighted by molar-refractivity contribution is 0.185. The Morgan fingerprint density at radius 2 is 2.29 bits per heavy atom. The third kappa shape index (κ3) is 4.28. The van der Waals surface area contributed by atoms with E-state index in [1.165, 1.54) is 6.42 Å². The first-order valence-electron chi connectivity index (χ1n) is 7.02. The first-order valence-corrected chi connectivity index (χ1v) is 8.69. The molecule has 0 heterocycles. The highest BCUT2D eigenvalue weighted by molar-refractivity contribution is 7.99. The summed E-state index contributed by atoms with van der Waals surface area (Å²) in [4.78, 5) is 12.2. The molecule has 0 saturated heterocycles. The summed E-state index contributed by atoms with van der Waals surface area (Å²) in [6.07, 6.45) is 5.47. The zero-order chi connectivity index (χ0) is 15.2. The van der Waals surface area contributed by atoms with Gasteiger partial charge in [0.25, 0.3) is 0 Å². The molecule has 21 heavy (non-hydrogen) atoms. The topological polar surface area (TPSA) is 50.4 Å². The van der Waals surface area contributed by atoms with Crippen LogP contribution in [0, 0.1) is 0 Å².